The standard InChI is InChI=1S/C14H22N2/c1-4-14-6-5-13(9-12(14)2)10-16-8-7-15(3)11-16/h5-6,9H,4,7-8,10-11H2,1-3H3. The van der Waals surface area contributed by atoms with Crippen molar-refractivity contribution in [2.75, 3.05) is 26.8 Å². The second kappa shape index (κ2) is 4.98. The average Bonchev–Trinajstić information content (AvgIpc) is 2.64. The molecule has 0 spiro atoms. The predicted molar refractivity (Wildman–Crippen MR) is 68.5 cm³/mol. The fourth-order valence-corrected chi connectivity index (χ4v) is 2.44. The number of hydrogen-bond acceptors (Lipinski definition) is 2. The molecule has 1 fully saturated rings. The summed E-state index contributed by atoms with van der Waals surface area (Å²) >= 11 is 0. The molecule has 1 aromatic carbocycles. The van der Waals surface area contributed by atoms with E-state index < -0.39 is 0 Å². The maximum atomic E-state index is 2.50. The highest BCUT2D eigenvalue weighted by Crippen LogP contribution is 2.15. The number of hydrogen-bond donors (Lipinski definition) is 0. The molecule has 0 unspecified atom stereocenters. The highest BCUT2D eigenvalue weighted by atomic mass is 15.4. The molecule has 2 heteroatoms. The van der Waals surface area contributed by atoms with E-state index >= 15 is 0 Å². The van der Waals surface area contributed by atoms with Gasteiger partial charge in [0.25, 0.3) is 0 Å². The molecule has 0 atom stereocenters. The zero-order valence-electron chi connectivity index (χ0n) is 10.7. The van der Waals surface area contributed by atoms with Crippen LogP contribution in [0, 0.1) is 6.92 Å². The largest absolute Gasteiger partial charge is 0.292 e. The van der Waals surface area contributed by atoms with E-state index in [-0.39, 0.29) is 0 Å². The molecular weight excluding hydrogens is 196 g/mol. The smallest absolute Gasteiger partial charge is 0.0507 e. The van der Waals surface area contributed by atoms with Crippen molar-refractivity contribution in [1.82, 2.24) is 9.80 Å². The first kappa shape index (κ1) is 11.6. The normalized spacial score (nSPS) is 18.2. The fourth-order valence-electron chi connectivity index (χ4n) is 2.44. The minimum atomic E-state index is 1.09. The van der Waals surface area contributed by atoms with Crippen LogP contribution < -0.4 is 0 Å². The first-order chi connectivity index (χ1) is 7.69. The highest BCUT2D eigenvalue weighted by molar-refractivity contribution is 5.31. The topological polar surface area (TPSA) is 6.48 Å². The van der Waals surface area contributed by atoms with Gasteiger partial charge in [-0.15, -0.1) is 0 Å². The number of nitrogens with zero attached hydrogens (tertiary/aromatic N) is 2. The Morgan fingerprint density at radius 1 is 1.25 bits per heavy atom. The molecule has 0 saturated carbocycles. The van der Waals surface area contributed by atoms with Gasteiger partial charge in [0.1, 0.15) is 0 Å². The summed E-state index contributed by atoms with van der Waals surface area (Å²) in [4.78, 5) is 4.87. The molecular formula is C14H22N2. The lowest BCUT2D eigenvalue weighted by Gasteiger charge is -2.16. The van der Waals surface area contributed by atoms with Gasteiger partial charge in [-0.1, -0.05) is 25.1 Å². The van der Waals surface area contributed by atoms with E-state index in [1.165, 1.54) is 29.8 Å². The van der Waals surface area contributed by atoms with Crippen LogP contribution in [0.2, 0.25) is 0 Å². The van der Waals surface area contributed by atoms with Crippen molar-refractivity contribution in [3.05, 3.63) is 34.9 Å². The Kier molecular flexibility index (Phi) is 3.62. The monoisotopic (exact) mass is 218 g/mol. The molecule has 2 nitrogen and oxygen atoms in total. The van der Waals surface area contributed by atoms with Crippen molar-refractivity contribution < 1.29 is 0 Å². The van der Waals surface area contributed by atoms with E-state index in [1.807, 2.05) is 0 Å². The van der Waals surface area contributed by atoms with E-state index in [9.17, 15) is 0 Å². The van der Waals surface area contributed by atoms with E-state index in [4.69, 9.17) is 0 Å². The van der Waals surface area contributed by atoms with Crippen LogP contribution in [0.1, 0.15) is 23.6 Å². The molecule has 0 N–H and O–H groups in total. The SMILES string of the molecule is CCc1ccc(CN2CCN(C)C2)cc1C. The third-order valence-corrected chi connectivity index (χ3v) is 3.43. The molecule has 0 amide bonds. The molecule has 1 aliphatic heterocycles. The molecule has 1 heterocycles. The summed E-state index contributed by atoms with van der Waals surface area (Å²) in [7, 11) is 2.19. The molecule has 1 aromatic rings. The van der Waals surface area contributed by atoms with Crippen LogP contribution in [-0.4, -0.2) is 36.6 Å². The van der Waals surface area contributed by atoms with Crippen molar-refractivity contribution in [1.29, 1.82) is 0 Å². The van der Waals surface area contributed by atoms with E-state index in [0.717, 1.165) is 19.6 Å². The van der Waals surface area contributed by atoms with Gasteiger partial charge in [0.2, 0.25) is 0 Å². The summed E-state index contributed by atoms with van der Waals surface area (Å²) in [6.45, 7) is 9.04. The Morgan fingerprint density at radius 2 is 2.06 bits per heavy atom. The summed E-state index contributed by atoms with van der Waals surface area (Å²) in [5.74, 6) is 0. The van der Waals surface area contributed by atoms with Crippen molar-refractivity contribution in [2.24, 2.45) is 0 Å². The van der Waals surface area contributed by atoms with E-state index in [1.54, 1.807) is 0 Å². The molecule has 0 bridgehead atoms. The van der Waals surface area contributed by atoms with Gasteiger partial charge in [-0.3, -0.25) is 9.80 Å². The summed E-state index contributed by atoms with van der Waals surface area (Å²) in [5.41, 5.74) is 4.36. The average molecular weight is 218 g/mol. The molecule has 0 aromatic heterocycles. The van der Waals surface area contributed by atoms with Gasteiger partial charge in [0.05, 0.1) is 6.67 Å². The Labute approximate surface area is 98.9 Å². The second-order valence-electron chi connectivity index (χ2n) is 4.89. The maximum Gasteiger partial charge on any atom is 0.0507 e. The van der Waals surface area contributed by atoms with Gasteiger partial charge in [-0.25, -0.2) is 0 Å². The number of benzene rings is 1. The van der Waals surface area contributed by atoms with Gasteiger partial charge in [-0.2, -0.15) is 0 Å². The minimum absolute atomic E-state index is 1.09. The molecule has 16 heavy (non-hydrogen) atoms. The Bertz CT molecular complexity index is 360. The van der Waals surface area contributed by atoms with Gasteiger partial charge in [-0.05, 0) is 37.1 Å². The van der Waals surface area contributed by atoms with Gasteiger partial charge in [0, 0.05) is 19.6 Å². The maximum absolute atomic E-state index is 2.50. The van der Waals surface area contributed by atoms with Gasteiger partial charge < -0.3 is 0 Å². The van der Waals surface area contributed by atoms with Gasteiger partial charge >= 0.3 is 0 Å². The van der Waals surface area contributed by atoms with Crippen LogP contribution in [0.3, 0.4) is 0 Å². The van der Waals surface area contributed by atoms with Crippen LogP contribution >= 0.6 is 0 Å². The fraction of sp³-hybridized carbons (Fsp3) is 0.571. The summed E-state index contributed by atoms with van der Waals surface area (Å²) < 4.78 is 0. The molecule has 0 radical (unpaired) electrons. The lowest BCUT2D eigenvalue weighted by molar-refractivity contribution is 0.268. The summed E-state index contributed by atoms with van der Waals surface area (Å²) in [6, 6.07) is 6.91. The number of aryl methyl sites for hydroxylation is 2. The summed E-state index contributed by atoms with van der Waals surface area (Å²) in [5, 5.41) is 0. The van der Waals surface area contributed by atoms with Crippen LogP contribution in [0.4, 0.5) is 0 Å². The van der Waals surface area contributed by atoms with E-state index in [2.05, 4.69) is 48.9 Å². The molecule has 1 aliphatic rings. The van der Waals surface area contributed by atoms with Gasteiger partial charge in [0.15, 0.2) is 0 Å². The Balaban J connectivity index is 2.02. The first-order valence-corrected chi connectivity index (χ1v) is 6.18. The Hall–Kier alpha value is -0.860. The molecule has 2 rings (SSSR count). The lowest BCUT2D eigenvalue weighted by Crippen LogP contribution is -2.22. The molecule has 0 aliphatic carbocycles. The first-order valence-electron chi connectivity index (χ1n) is 6.18. The third kappa shape index (κ3) is 2.63. The molecule has 1 saturated heterocycles. The Morgan fingerprint density at radius 3 is 2.62 bits per heavy atom. The lowest BCUT2D eigenvalue weighted by atomic mass is 10.0. The number of rotatable bonds is 3. The van der Waals surface area contributed by atoms with Crippen molar-refractivity contribution in [3.8, 4) is 0 Å². The zero-order valence-corrected chi connectivity index (χ0v) is 10.7. The third-order valence-electron chi connectivity index (χ3n) is 3.43. The van der Waals surface area contributed by atoms with Crippen LogP contribution in [0.25, 0.3) is 0 Å². The van der Waals surface area contributed by atoms with Crippen LogP contribution in [-0.2, 0) is 13.0 Å². The number of likely N-dealkylation sites (N-methyl/N-ethyl adjacent to an activating group) is 1. The van der Waals surface area contributed by atoms with Crippen LogP contribution in [0.15, 0.2) is 18.2 Å². The van der Waals surface area contributed by atoms with Crippen molar-refractivity contribution in [2.45, 2.75) is 26.8 Å². The summed E-state index contributed by atoms with van der Waals surface area (Å²) in [6.07, 6.45) is 1.14. The second-order valence-corrected chi connectivity index (χ2v) is 4.89. The van der Waals surface area contributed by atoms with Crippen molar-refractivity contribution in [3.63, 3.8) is 0 Å². The highest BCUT2D eigenvalue weighted by Gasteiger charge is 2.16. The predicted octanol–water partition coefficient (Wildman–Crippen LogP) is 2.26. The van der Waals surface area contributed by atoms with Crippen molar-refractivity contribution >= 4 is 0 Å². The van der Waals surface area contributed by atoms with Crippen LogP contribution in [0.5, 0.6) is 0 Å². The van der Waals surface area contributed by atoms with E-state index in [0.29, 0.717) is 0 Å². The zero-order chi connectivity index (χ0) is 11.5. The minimum Gasteiger partial charge on any atom is -0.292 e. The quantitative estimate of drug-likeness (QED) is 0.768. The molecule has 88 valence electrons.